The molecule has 0 aromatic heterocycles. The number of methoxy groups -OCH3 is 4. The van der Waals surface area contributed by atoms with Gasteiger partial charge in [-0.25, -0.2) is 9.59 Å². The molecule has 4 saturated heterocycles. The largest absolute Gasteiger partial charge is 0.450 e. The zero-order chi connectivity index (χ0) is 64.2. The topological polar surface area (TPSA) is 296 Å². The van der Waals surface area contributed by atoms with Crippen molar-refractivity contribution in [2.75, 3.05) is 35.0 Å². The van der Waals surface area contributed by atoms with Crippen molar-refractivity contribution in [2.45, 2.75) is 249 Å². The fraction of sp³-hybridized carbons (Fsp3) is 0.723. The summed E-state index contributed by atoms with van der Waals surface area (Å²) in [6.07, 6.45) is -9.05. The molecule has 7 N–H and O–H groups in total. The fourth-order valence-electron chi connectivity index (χ4n) is 12.5. The number of ether oxygens (including phenoxy) is 13. The van der Waals surface area contributed by atoms with E-state index in [4.69, 9.17) is 61.6 Å². The lowest BCUT2D eigenvalue weighted by Crippen LogP contribution is -2.66. The van der Waals surface area contributed by atoms with Crippen molar-refractivity contribution < 1.29 is 107 Å². The van der Waals surface area contributed by atoms with Gasteiger partial charge < -0.3 is 97.3 Å². The number of allylic oxidation sites excluding steroid dienone is 7. The Morgan fingerprint density at radius 3 is 2.06 bits per heavy atom. The molecule has 0 aliphatic carbocycles. The number of cyclic esters (lactones) is 1. The van der Waals surface area contributed by atoms with Gasteiger partial charge in [0.25, 0.3) is 0 Å². The Morgan fingerprint density at radius 2 is 1.41 bits per heavy atom. The van der Waals surface area contributed by atoms with Gasteiger partial charge in [-0.05, 0) is 86.4 Å². The van der Waals surface area contributed by atoms with Crippen molar-refractivity contribution >= 4 is 11.9 Å². The zero-order valence-corrected chi connectivity index (χ0v) is 53.3. The Bertz CT molecular complexity index is 2500. The van der Waals surface area contributed by atoms with Gasteiger partial charge in [0.05, 0.1) is 84.9 Å². The van der Waals surface area contributed by atoms with Crippen LogP contribution in [-0.2, 0) is 66.4 Å². The highest BCUT2D eigenvalue weighted by molar-refractivity contribution is 5.89. The van der Waals surface area contributed by atoms with Crippen LogP contribution in [-0.4, -0.2) is 217 Å². The molecule has 0 radical (unpaired) electrons. The maximum Gasteiger partial charge on any atom is 0.338 e. The van der Waals surface area contributed by atoms with Crippen LogP contribution in [0.1, 0.15) is 125 Å². The van der Waals surface area contributed by atoms with Crippen molar-refractivity contribution in [3.63, 3.8) is 0 Å². The van der Waals surface area contributed by atoms with Crippen LogP contribution in [0.3, 0.4) is 0 Å². The normalized spacial score (nSPS) is 44.0. The average Bonchev–Trinajstić information content (AvgIpc) is 1.53. The van der Waals surface area contributed by atoms with Crippen molar-refractivity contribution in [2.24, 2.45) is 17.8 Å². The third-order valence-electron chi connectivity index (χ3n) is 17.6. The van der Waals surface area contributed by atoms with Crippen LogP contribution in [0.4, 0.5) is 0 Å². The predicted molar refractivity (Wildman–Crippen MR) is 317 cm³/mol. The van der Waals surface area contributed by atoms with Gasteiger partial charge in [0.2, 0.25) is 5.79 Å². The Hall–Kier alpha value is -3.86. The highest BCUT2D eigenvalue weighted by Gasteiger charge is 2.59. The molecular weight excluding hydrogens is 1130 g/mol. The zero-order valence-electron chi connectivity index (χ0n) is 53.3. The molecule has 5 aliphatic rings. The maximum absolute atomic E-state index is 14.4. The highest BCUT2D eigenvalue weighted by atomic mass is 16.7. The fourth-order valence-corrected chi connectivity index (χ4v) is 12.5. The number of esters is 2. The summed E-state index contributed by atoms with van der Waals surface area (Å²) in [7, 11) is 5.78. The second-order valence-corrected chi connectivity index (χ2v) is 24.7. The first kappa shape index (κ1) is 72.2. The standard InChI is InChI=1S/C65H100O22/c1-34-20-19-23-46(66)50(76-13)30-47(67)60(65(74)40(7)54(68)39(6)49(87-65)29-45(33-75-12)82-53-32-64(11,73)59(43(10)80-53)84-52-31-51(77-14)55(69)41(8)79-52)86-61(71)38(5)28-36(3)26-35(2)27-37(4)48(25-24-34)83-63-58(56(70)57(78-15)42(9)81-63)85-62(72)44-21-17-16-18-22-44/h16-18,20-22,24-28,37,39-43,45-60,63,66-70,73-74H,19,23,29-33H2,1-15H3/b25-24+,34-20+,35-27+,36-26+,38-28+/t37-,39+,40-,41-,42+,43+,45-,46+,47+,48-,49-,50+,51-,52+,53?,54+,55-,56-,57+,58+,59+,60-,63+,64+,65-/m1/s1. The van der Waals surface area contributed by atoms with E-state index < -0.39 is 158 Å². The molecule has 6 rings (SSSR count). The highest BCUT2D eigenvalue weighted by Crippen LogP contribution is 2.44. The van der Waals surface area contributed by atoms with Gasteiger partial charge in [-0.2, -0.15) is 0 Å². The molecule has 22 heteroatoms. The van der Waals surface area contributed by atoms with Gasteiger partial charge >= 0.3 is 11.9 Å². The summed E-state index contributed by atoms with van der Waals surface area (Å²) in [6, 6.07) is 8.38. The molecule has 5 aliphatic heterocycles. The summed E-state index contributed by atoms with van der Waals surface area (Å²) >= 11 is 0. The van der Waals surface area contributed by atoms with Gasteiger partial charge in [-0.1, -0.05) is 86.1 Å². The van der Waals surface area contributed by atoms with Crippen LogP contribution in [0.5, 0.6) is 0 Å². The van der Waals surface area contributed by atoms with Crippen LogP contribution in [0.2, 0.25) is 0 Å². The number of carbonyl (C=O) groups is 2. The summed E-state index contributed by atoms with van der Waals surface area (Å²) in [4.78, 5) is 27.9. The van der Waals surface area contributed by atoms with Gasteiger partial charge in [0.15, 0.2) is 31.1 Å². The number of rotatable bonds is 16. The molecular formula is C65H100O22. The first-order chi connectivity index (χ1) is 41.0. The minimum Gasteiger partial charge on any atom is -0.450 e. The van der Waals surface area contributed by atoms with E-state index in [0.717, 1.165) is 11.1 Å². The predicted octanol–water partition coefficient (Wildman–Crippen LogP) is 5.45. The molecule has 5 heterocycles. The van der Waals surface area contributed by atoms with Crippen molar-refractivity contribution in [1.82, 2.24) is 0 Å². The van der Waals surface area contributed by atoms with Gasteiger partial charge in [-0.15, -0.1) is 0 Å². The summed E-state index contributed by atoms with van der Waals surface area (Å²) in [5.74, 6) is -6.37. The number of aliphatic hydroxyl groups excluding tert-OH is 5. The second kappa shape index (κ2) is 32.4. The van der Waals surface area contributed by atoms with E-state index >= 15 is 0 Å². The molecule has 0 amide bonds. The van der Waals surface area contributed by atoms with Crippen molar-refractivity contribution in [3.8, 4) is 0 Å². The Balaban J connectivity index is 1.26. The molecule has 1 unspecified atom stereocenters. The molecule has 0 spiro atoms. The van der Waals surface area contributed by atoms with E-state index in [-0.39, 0.29) is 55.8 Å². The number of hydrogen-bond acceptors (Lipinski definition) is 22. The lowest BCUT2D eigenvalue weighted by Gasteiger charge is -2.52. The van der Waals surface area contributed by atoms with E-state index in [0.29, 0.717) is 12.0 Å². The van der Waals surface area contributed by atoms with E-state index in [1.165, 1.54) is 42.3 Å². The van der Waals surface area contributed by atoms with Crippen LogP contribution in [0.15, 0.2) is 89.1 Å². The number of hydrogen-bond donors (Lipinski definition) is 7. The molecule has 25 atom stereocenters. The smallest absolute Gasteiger partial charge is 0.338 e. The minimum absolute atomic E-state index is 0.0101. The second-order valence-electron chi connectivity index (χ2n) is 24.7. The molecule has 1 aromatic carbocycles. The van der Waals surface area contributed by atoms with Crippen LogP contribution < -0.4 is 0 Å². The van der Waals surface area contributed by atoms with Gasteiger partial charge in [-0.3, -0.25) is 0 Å². The van der Waals surface area contributed by atoms with Crippen molar-refractivity contribution in [3.05, 3.63) is 94.6 Å². The molecule has 0 bridgehead atoms. The SMILES string of the molecule is COC[C@@H](C[C@H]1O[C@@](O)([C@@H]2OC(=O)/C(C)=C/C(C)=C/C(C)=C/[C@@H](C)[C@H](O[C@@H]3O[C@@H](C)[C@H](OC)[C@@H](O)[C@@H]3OC(=O)c3ccccc3)/C=C/C(C)=C/CC[C@H](O)[C@@H](OC)C[C@@H]2O)[C@H](C)[C@@H](O)[C@H]1C)OC1C[C@](C)(O)[C@@H](O[C@H]2C[C@@H](OC)[C@H](O)[C@@H](C)O2)[C@H](C)O1. The molecule has 87 heavy (non-hydrogen) atoms. The molecule has 0 saturated carbocycles. The summed E-state index contributed by atoms with van der Waals surface area (Å²) in [6.45, 7) is 19.1. The molecule has 4 fully saturated rings. The first-order valence-electron chi connectivity index (χ1n) is 30.5. The third kappa shape index (κ3) is 18.7. The third-order valence-corrected chi connectivity index (χ3v) is 17.6. The Labute approximate surface area is 513 Å². The van der Waals surface area contributed by atoms with E-state index in [2.05, 4.69) is 0 Å². The quantitative estimate of drug-likeness (QED) is 0.101. The maximum atomic E-state index is 14.4. The first-order valence-corrected chi connectivity index (χ1v) is 30.5. The van der Waals surface area contributed by atoms with Crippen molar-refractivity contribution in [1.29, 1.82) is 0 Å². The van der Waals surface area contributed by atoms with Crippen LogP contribution in [0, 0.1) is 17.8 Å². The number of carbonyl (C=O) groups excluding carboxylic acids is 2. The Kier molecular flexibility index (Phi) is 26.9. The van der Waals surface area contributed by atoms with Gasteiger partial charge in [0, 0.05) is 77.4 Å². The monoisotopic (exact) mass is 1230 g/mol. The van der Waals surface area contributed by atoms with E-state index in [1.54, 1.807) is 78.0 Å². The Morgan fingerprint density at radius 1 is 0.736 bits per heavy atom. The average molecular weight is 1230 g/mol. The summed E-state index contributed by atoms with van der Waals surface area (Å²) < 4.78 is 79.2. The summed E-state index contributed by atoms with van der Waals surface area (Å²) in [5.41, 5.74) is 1.06. The van der Waals surface area contributed by atoms with Crippen LogP contribution >= 0.6 is 0 Å². The minimum atomic E-state index is -2.55. The lowest BCUT2D eigenvalue weighted by atomic mass is 9.76. The lowest BCUT2D eigenvalue weighted by molar-refractivity contribution is -0.366. The van der Waals surface area contributed by atoms with Gasteiger partial charge in [0.1, 0.15) is 24.4 Å². The molecule has 1 aromatic rings. The molecule has 22 nitrogen and oxygen atoms in total. The van der Waals surface area contributed by atoms with Crippen LogP contribution in [0.25, 0.3) is 0 Å². The van der Waals surface area contributed by atoms with E-state index in [1.807, 2.05) is 51.2 Å². The number of aliphatic hydroxyl groups is 7. The van der Waals surface area contributed by atoms with E-state index in [9.17, 15) is 45.3 Å². The summed E-state index contributed by atoms with van der Waals surface area (Å²) in [5, 5.41) is 83.0. The number of benzene rings is 1. The molecule has 492 valence electrons.